The molecule has 2 heterocycles. The number of aliphatic hydroxyl groups is 1. The molecule has 0 aliphatic carbocycles. The van der Waals surface area contributed by atoms with Crippen LogP contribution in [0.4, 0.5) is 5.82 Å². The van der Waals surface area contributed by atoms with E-state index in [1.165, 1.54) is 0 Å². The monoisotopic (exact) mass is 326 g/mol. The highest BCUT2D eigenvalue weighted by molar-refractivity contribution is 5.37. The van der Waals surface area contributed by atoms with Crippen molar-refractivity contribution < 1.29 is 5.11 Å². The zero-order chi connectivity index (χ0) is 17.0. The maximum absolute atomic E-state index is 10.9. The van der Waals surface area contributed by atoms with Gasteiger partial charge >= 0.3 is 0 Å². The Bertz CT molecular complexity index is 632. The van der Waals surface area contributed by atoms with Crippen molar-refractivity contribution >= 4 is 5.82 Å². The highest BCUT2D eigenvalue weighted by atomic mass is 16.3. The van der Waals surface area contributed by atoms with Gasteiger partial charge in [0.15, 0.2) is 5.82 Å². The number of rotatable bonds is 5. The van der Waals surface area contributed by atoms with E-state index in [2.05, 4.69) is 27.0 Å². The third-order valence-corrected chi connectivity index (χ3v) is 4.86. The Kier molecular flexibility index (Phi) is 5.11. The molecule has 5 heteroatoms. The van der Waals surface area contributed by atoms with Crippen LogP contribution in [0, 0.1) is 0 Å². The van der Waals surface area contributed by atoms with Crippen molar-refractivity contribution in [3.05, 3.63) is 54.2 Å². The molecule has 1 aliphatic heterocycles. The molecule has 0 amide bonds. The first-order valence-corrected chi connectivity index (χ1v) is 8.57. The van der Waals surface area contributed by atoms with Crippen LogP contribution < -0.4 is 4.90 Å². The molecular weight excluding hydrogens is 300 g/mol. The molecule has 2 aromatic rings. The van der Waals surface area contributed by atoms with Gasteiger partial charge in [-0.15, -0.1) is 5.10 Å². The first-order chi connectivity index (χ1) is 11.6. The standard InChI is InChI=1S/C19H26N4O/c1-19(24,16-8-4-3-5-9-16)15-22(2)17-10-7-13-23(14-17)18-11-6-12-20-21-18/h3-6,8-9,11-12,17,24H,7,10,13-15H2,1-2H3/t17-,19-/m0/s1. The minimum Gasteiger partial charge on any atom is -0.384 e. The number of anilines is 1. The lowest BCUT2D eigenvalue weighted by molar-refractivity contribution is 0.00955. The van der Waals surface area contributed by atoms with Gasteiger partial charge < -0.3 is 10.0 Å². The van der Waals surface area contributed by atoms with Gasteiger partial charge in [-0.1, -0.05) is 30.3 Å². The number of aromatic nitrogens is 2. The Hall–Kier alpha value is -1.98. The van der Waals surface area contributed by atoms with Gasteiger partial charge in [0.25, 0.3) is 0 Å². The van der Waals surface area contributed by atoms with Gasteiger partial charge in [-0.2, -0.15) is 5.10 Å². The molecule has 0 spiro atoms. The zero-order valence-corrected chi connectivity index (χ0v) is 14.5. The largest absolute Gasteiger partial charge is 0.384 e. The second kappa shape index (κ2) is 7.28. The van der Waals surface area contributed by atoms with Crippen LogP contribution in [0.2, 0.25) is 0 Å². The number of nitrogens with zero attached hydrogens (tertiary/aromatic N) is 4. The lowest BCUT2D eigenvalue weighted by Crippen LogP contribution is -2.50. The van der Waals surface area contributed by atoms with Crippen LogP contribution in [-0.2, 0) is 5.60 Å². The summed E-state index contributed by atoms with van der Waals surface area (Å²) in [4.78, 5) is 4.56. The Labute approximate surface area is 143 Å². The predicted octanol–water partition coefficient (Wildman–Crippen LogP) is 2.28. The molecule has 0 bridgehead atoms. The Morgan fingerprint density at radius 1 is 1.25 bits per heavy atom. The lowest BCUT2D eigenvalue weighted by Gasteiger charge is -2.40. The van der Waals surface area contributed by atoms with E-state index in [9.17, 15) is 5.11 Å². The van der Waals surface area contributed by atoms with E-state index in [1.807, 2.05) is 49.4 Å². The van der Waals surface area contributed by atoms with Gasteiger partial charge in [0.2, 0.25) is 0 Å². The molecule has 24 heavy (non-hydrogen) atoms. The number of likely N-dealkylation sites (N-methyl/N-ethyl adjacent to an activating group) is 1. The number of benzene rings is 1. The molecule has 2 atom stereocenters. The molecule has 1 aromatic carbocycles. The maximum Gasteiger partial charge on any atom is 0.151 e. The van der Waals surface area contributed by atoms with Crippen molar-refractivity contribution in [3.63, 3.8) is 0 Å². The zero-order valence-electron chi connectivity index (χ0n) is 14.5. The summed E-state index contributed by atoms with van der Waals surface area (Å²) in [7, 11) is 2.10. The summed E-state index contributed by atoms with van der Waals surface area (Å²) in [6, 6.07) is 14.2. The fraction of sp³-hybridized carbons (Fsp3) is 0.474. The first kappa shape index (κ1) is 16.9. The number of piperidine rings is 1. The summed E-state index contributed by atoms with van der Waals surface area (Å²) in [5.41, 5.74) is 0.101. The fourth-order valence-corrected chi connectivity index (χ4v) is 3.49. The predicted molar refractivity (Wildman–Crippen MR) is 95.9 cm³/mol. The van der Waals surface area contributed by atoms with E-state index in [0.29, 0.717) is 12.6 Å². The Morgan fingerprint density at radius 2 is 2.04 bits per heavy atom. The summed E-state index contributed by atoms with van der Waals surface area (Å²) in [5, 5.41) is 19.1. The molecule has 0 radical (unpaired) electrons. The molecule has 1 saturated heterocycles. The van der Waals surface area contributed by atoms with Gasteiger partial charge in [0.05, 0.1) is 5.60 Å². The van der Waals surface area contributed by atoms with Gasteiger partial charge in [0.1, 0.15) is 0 Å². The normalized spacial score (nSPS) is 20.8. The van der Waals surface area contributed by atoms with Gasteiger partial charge in [-0.05, 0) is 44.5 Å². The average molecular weight is 326 g/mol. The topological polar surface area (TPSA) is 52.5 Å². The third kappa shape index (κ3) is 3.91. The van der Waals surface area contributed by atoms with E-state index in [4.69, 9.17) is 0 Å². The van der Waals surface area contributed by atoms with Crippen molar-refractivity contribution in [2.45, 2.75) is 31.4 Å². The molecule has 128 valence electrons. The van der Waals surface area contributed by atoms with Crippen LogP contribution in [0.1, 0.15) is 25.3 Å². The van der Waals surface area contributed by atoms with Crippen molar-refractivity contribution in [2.24, 2.45) is 0 Å². The van der Waals surface area contributed by atoms with Crippen molar-refractivity contribution in [1.82, 2.24) is 15.1 Å². The molecule has 1 aromatic heterocycles. The molecule has 0 unspecified atom stereocenters. The molecule has 1 fully saturated rings. The highest BCUT2D eigenvalue weighted by Crippen LogP contribution is 2.25. The van der Waals surface area contributed by atoms with Crippen molar-refractivity contribution in [3.8, 4) is 0 Å². The summed E-state index contributed by atoms with van der Waals surface area (Å²) in [5.74, 6) is 0.936. The Balaban J connectivity index is 1.65. The van der Waals surface area contributed by atoms with E-state index < -0.39 is 5.60 Å². The van der Waals surface area contributed by atoms with E-state index in [0.717, 1.165) is 37.3 Å². The smallest absolute Gasteiger partial charge is 0.151 e. The van der Waals surface area contributed by atoms with Crippen LogP contribution in [0.3, 0.4) is 0 Å². The van der Waals surface area contributed by atoms with Crippen molar-refractivity contribution in [2.75, 3.05) is 31.6 Å². The highest BCUT2D eigenvalue weighted by Gasteiger charge is 2.30. The summed E-state index contributed by atoms with van der Waals surface area (Å²) in [6.45, 7) is 4.43. The minimum absolute atomic E-state index is 0.399. The fourth-order valence-electron chi connectivity index (χ4n) is 3.49. The number of hydrogen-bond acceptors (Lipinski definition) is 5. The van der Waals surface area contributed by atoms with Crippen LogP contribution in [0.15, 0.2) is 48.7 Å². The SMILES string of the molecule is CN(C[C@](C)(O)c1ccccc1)[C@H]1CCCN(c2cccnn2)C1. The quantitative estimate of drug-likeness (QED) is 0.913. The van der Waals surface area contributed by atoms with Gasteiger partial charge in [-0.3, -0.25) is 4.90 Å². The minimum atomic E-state index is -0.856. The van der Waals surface area contributed by atoms with Gasteiger partial charge in [-0.25, -0.2) is 0 Å². The molecule has 0 saturated carbocycles. The molecular formula is C19H26N4O. The van der Waals surface area contributed by atoms with E-state index >= 15 is 0 Å². The average Bonchev–Trinajstić information content (AvgIpc) is 2.63. The summed E-state index contributed by atoms with van der Waals surface area (Å²) < 4.78 is 0. The first-order valence-electron chi connectivity index (χ1n) is 8.57. The van der Waals surface area contributed by atoms with Crippen LogP contribution in [-0.4, -0.2) is 52.9 Å². The molecule has 1 aliphatic rings. The van der Waals surface area contributed by atoms with E-state index in [1.54, 1.807) is 6.20 Å². The lowest BCUT2D eigenvalue weighted by atomic mass is 9.94. The third-order valence-electron chi connectivity index (χ3n) is 4.86. The Morgan fingerprint density at radius 3 is 2.75 bits per heavy atom. The van der Waals surface area contributed by atoms with E-state index in [-0.39, 0.29) is 0 Å². The van der Waals surface area contributed by atoms with Crippen molar-refractivity contribution in [1.29, 1.82) is 0 Å². The van der Waals surface area contributed by atoms with Crippen LogP contribution in [0.5, 0.6) is 0 Å². The number of hydrogen-bond donors (Lipinski definition) is 1. The summed E-state index contributed by atoms with van der Waals surface area (Å²) >= 11 is 0. The second-order valence-electron chi connectivity index (χ2n) is 6.88. The maximum atomic E-state index is 10.9. The molecule has 3 rings (SSSR count). The second-order valence-corrected chi connectivity index (χ2v) is 6.88. The summed E-state index contributed by atoms with van der Waals surface area (Å²) in [6.07, 6.45) is 3.96. The molecule has 5 nitrogen and oxygen atoms in total. The molecule has 1 N–H and O–H groups in total. The van der Waals surface area contributed by atoms with Gasteiger partial charge in [0, 0.05) is 31.9 Å². The van der Waals surface area contributed by atoms with Crippen LogP contribution in [0.25, 0.3) is 0 Å². The van der Waals surface area contributed by atoms with Crippen LogP contribution >= 0.6 is 0 Å².